The third-order valence-electron chi connectivity index (χ3n) is 6.56. The van der Waals surface area contributed by atoms with Crippen LogP contribution in [0.2, 0.25) is 0 Å². The minimum absolute atomic E-state index is 0.204. The predicted octanol–water partition coefficient (Wildman–Crippen LogP) is 5.34. The summed E-state index contributed by atoms with van der Waals surface area (Å²) in [6.07, 6.45) is 6.27. The molecule has 1 aliphatic rings. The number of aryl methyl sites for hydroxylation is 4. The van der Waals surface area contributed by atoms with Crippen molar-refractivity contribution >= 4 is 28.5 Å². The van der Waals surface area contributed by atoms with E-state index in [1.165, 1.54) is 6.42 Å². The second kappa shape index (κ2) is 8.09. The first kappa shape index (κ1) is 20.6. The number of aromatic nitrogens is 5. The molecule has 0 saturated heterocycles. The molecule has 1 aliphatic heterocycles. The molecule has 170 valence electrons. The predicted molar refractivity (Wildman–Crippen MR) is 133 cm³/mol. The normalized spacial score (nSPS) is 13.7. The van der Waals surface area contributed by atoms with Crippen molar-refractivity contribution in [3.8, 4) is 11.3 Å². The highest BCUT2D eigenvalue weighted by atomic mass is 16.1. The molecule has 7 heteroatoms. The van der Waals surface area contributed by atoms with Crippen molar-refractivity contribution in [3.63, 3.8) is 0 Å². The molecular weight excluding hydrogens is 424 g/mol. The SMILES string of the molecule is Cc1cc(C(=O)Nc2c(-c3ccccc3)nc3c(C)cccn23)c2nc3n(c2n1)CCCCC3. The average molecular weight is 451 g/mol. The topological polar surface area (TPSA) is 77.1 Å². The molecule has 1 amide bonds. The summed E-state index contributed by atoms with van der Waals surface area (Å²) in [7, 11) is 0. The van der Waals surface area contributed by atoms with Crippen LogP contribution in [0.3, 0.4) is 0 Å². The summed E-state index contributed by atoms with van der Waals surface area (Å²) in [4.78, 5) is 28.3. The van der Waals surface area contributed by atoms with Gasteiger partial charge in [-0.3, -0.25) is 9.20 Å². The Hall–Kier alpha value is -4.00. The van der Waals surface area contributed by atoms with Crippen molar-refractivity contribution in [2.24, 2.45) is 0 Å². The average Bonchev–Trinajstić information content (AvgIpc) is 3.28. The molecular formula is C27H26N6O. The zero-order chi connectivity index (χ0) is 23.2. The van der Waals surface area contributed by atoms with Gasteiger partial charge >= 0.3 is 0 Å². The van der Waals surface area contributed by atoms with Gasteiger partial charge in [-0.25, -0.2) is 15.0 Å². The van der Waals surface area contributed by atoms with Gasteiger partial charge in [-0.2, -0.15) is 0 Å². The number of nitrogens with zero attached hydrogens (tertiary/aromatic N) is 5. The summed E-state index contributed by atoms with van der Waals surface area (Å²) in [5.74, 6) is 1.47. The van der Waals surface area contributed by atoms with Crippen LogP contribution in [0.1, 0.15) is 46.7 Å². The largest absolute Gasteiger partial charge is 0.313 e. The van der Waals surface area contributed by atoms with Crippen LogP contribution in [0.5, 0.6) is 0 Å². The highest BCUT2D eigenvalue weighted by Gasteiger charge is 2.23. The first-order chi connectivity index (χ1) is 16.6. The number of carbonyl (C=O) groups is 1. The van der Waals surface area contributed by atoms with Gasteiger partial charge in [-0.1, -0.05) is 42.8 Å². The van der Waals surface area contributed by atoms with Crippen LogP contribution in [0, 0.1) is 13.8 Å². The Morgan fingerprint density at radius 3 is 2.65 bits per heavy atom. The standard InChI is InChI=1S/C27H26N6O/c1-17-10-9-15-33-24(17)30-22(19-11-5-3-6-12-19)25(33)31-27(34)20-16-18(2)28-26-23(20)29-21-13-7-4-8-14-32(21)26/h3,5-6,9-12,15-16H,4,7-8,13-14H2,1-2H3,(H,31,34). The Bertz CT molecular complexity index is 1550. The molecule has 0 aliphatic carbocycles. The lowest BCUT2D eigenvalue weighted by Crippen LogP contribution is -2.15. The highest BCUT2D eigenvalue weighted by molar-refractivity contribution is 6.12. The molecule has 1 aromatic carbocycles. The van der Waals surface area contributed by atoms with E-state index in [0.29, 0.717) is 16.9 Å². The third-order valence-corrected chi connectivity index (χ3v) is 6.56. The lowest BCUT2D eigenvalue weighted by Gasteiger charge is -2.10. The Morgan fingerprint density at radius 2 is 1.79 bits per heavy atom. The third kappa shape index (κ3) is 3.36. The van der Waals surface area contributed by atoms with Crippen LogP contribution in [0.15, 0.2) is 54.7 Å². The number of imidazole rings is 2. The molecule has 0 atom stereocenters. The summed E-state index contributed by atoms with van der Waals surface area (Å²) in [5, 5.41) is 3.17. The highest BCUT2D eigenvalue weighted by Crippen LogP contribution is 2.31. The maximum atomic E-state index is 13.7. The van der Waals surface area contributed by atoms with Gasteiger partial charge in [-0.05, 0) is 44.4 Å². The van der Waals surface area contributed by atoms with Crippen molar-refractivity contribution in [1.82, 2.24) is 23.9 Å². The van der Waals surface area contributed by atoms with Gasteiger partial charge < -0.3 is 9.88 Å². The van der Waals surface area contributed by atoms with E-state index in [9.17, 15) is 4.79 Å². The Balaban J connectivity index is 1.49. The second-order valence-corrected chi connectivity index (χ2v) is 8.99. The van der Waals surface area contributed by atoms with Crippen molar-refractivity contribution in [2.75, 3.05) is 5.32 Å². The van der Waals surface area contributed by atoms with E-state index in [0.717, 1.165) is 65.4 Å². The molecule has 4 aromatic heterocycles. The fourth-order valence-corrected chi connectivity index (χ4v) is 4.88. The molecule has 1 N–H and O–H groups in total. The van der Waals surface area contributed by atoms with Gasteiger partial charge in [-0.15, -0.1) is 0 Å². The number of hydrogen-bond acceptors (Lipinski definition) is 4. The van der Waals surface area contributed by atoms with Gasteiger partial charge in [0.25, 0.3) is 5.91 Å². The van der Waals surface area contributed by atoms with Gasteiger partial charge in [0, 0.05) is 30.4 Å². The van der Waals surface area contributed by atoms with Crippen LogP contribution in [-0.2, 0) is 13.0 Å². The summed E-state index contributed by atoms with van der Waals surface area (Å²) < 4.78 is 4.14. The molecule has 5 heterocycles. The van der Waals surface area contributed by atoms with E-state index in [1.54, 1.807) is 0 Å². The quantitative estimate of drug-likeness (QED) is 0.402. The number of pyridine rings is 2. The molecule has 7 nitrogen and oxygen atoms in total. The molecule has 0 saturated carbocycles. The first-order valence-electron chi connectivity index (χ1n) is 11.8. The summed E-state index contributed by atoms with van der Waals surface area (Å²) in [6.45, 7) is 4.85. The van der Waals surface area contributed by atoms with E-state index in [1.807, 2.05) is 73.0 Å². The summed E-state index contributed by atoms with van der Waals surface area (Å²) in [5.41, 5.74) is 6.38. The van der Waals surface area contributed by atoms with E-state index in [4.69, 9.17) is 15.0 Å². The van der Waals surface area contributed by atoms with E-state index >= 15 is 0 Å². The number of carbonyl (C=O) groups excluding carboxylic acids is 1. The van der Waals surface area contributed by atoms with Crippen LogP contribution in [0.4, 0.5) is 5.82 Å². The van der Waals surface area contributed by atoms with Crippen molar-refractivity contribution < 1.29 is 4.79 Å². The van der Waals surface area contributed by atoms with Gasteiger partial charge in [0.05, 0.1) is 5.56 Å². The lowest BCUT2D eigenvalue weighted by atomic mass is 10.1. The molecule has 0 spiro atoms. The maximum Gasteiger partial charge on any atom is 0.259 e. The molecule has 5 aromatic rings. The number of amides is 1. The monoisotopic (exact) mass is 450 g/mol. The molecule has 0 fully saturated rings. The zero-order valence-corrected chi connectivity index (χ0v) is 19.4. The minimum atomic E-state index is -0.204. The lowest BCUT2D eigenvalue weighted by molar-refractivity contribution is 0.102. The van der Waals surface area contributed by atoms with E-state index < -0.39 is 0 Å². The Morgan fingerprint density at radius 1 is 0.941 bits per heavy atom. The van der Waals surface area contributed by atoms with E-state index in [2.05, 4.69) is 9.88 Å². The Kier molecular flexibility index (Phi) is 4.90. The van der Waals surface area contributed by atoms with Gasteiger partial charge in [0.1, 0.15) is 28.5 Å². The van der Waals surface area contributed by atoms with Crippen molar-refractivity contribution in [3.05, 3.63) is 77.4 Å². The Labute approximate surface area is 197 Å². The zero-order valence-electron chi connectivity index (χ0n) is 19.4. The minimum Gasteiger partial charge on any atom is -0.313 e. The second-order valence-electron chi connectivity index (χ2n) is 8.99. The number of anilines is 1. The van der Waals surface area contributed by atoms with Crippen molar-refractivity contribution in [2.45, 2.75) is 46.1 Å². The first-order valence-corrected chi connectivity index (χ1v) is 11.8. The fourth-order valence-electron chi connectivity index (χ4n) is 4.88. The van der Waals surface area contributed by atoms with Crippen LogP contribution >= 0.6 is 0 Å². The molecule has 6 rings (SSSR count). The number of benzene rings is 1. The molecule has 34 heavy (non-hydrogen) atoms. The number of nitrogens with one attached hydrogen (secondary N) is 1. The van der Waals surface area contributed by atoms with Crippen LogP contribution < -0.4 is 5.32 Å². The van der Waals surface area contributed by atoms with Gasteiger partial charge in [0.2, 0.25) is 0 Å². The fraction of sp³-hybridized carbons (Fsp3) is 0.259. The maximum absolute atomic E-state index is 13.7. The molecule has 0 unspecified atom stereocenters. The van der Waals surface area contributed by atoms with E-state index in [-0.39, 0.29) is 5.91 Å². The molecule has 0 radical (unpaired) electrons. The summed E-state index contributed by atoms with van der Waals surface area (Å²) >= 11 is 0. The number of hydrogen-bond donors (Lipinski definition) is 1. The molecule has 0 bridgehead atoms. The van der Waals surface area contributed by atoms with Crippen molar-refractivity contribution in [1.29, 1.82) is 0 Å². The van der Waals surface area contributed by atoms with Gasteiger partial charge in [0.15, 0.2) is 5.65 Å². The number of rotatable bonds is 3. The van der Waals surface area contributed by atoms with Crippen LogP contribution in [0.25, 0.3) is 28.1 Å². The smallest absolute Gasteiger partial charge is 0.259 e. The van der Waals surface area contributed by atoms with Crippen LogP contribution in [-0.4, -0.2) is 29.8 Å². The summed E-state index contributed by atoms with van der Waals surface area (Å²) in [6, 6.07) is 15.8. The number of fused-ring (bicyclic) bond motifs is 4.